The van der Waals surface area contributed by atoms with Gasteiger partial charge < -0.3 is 4.65 Å². The Morgan fingerprint density at radius 1 is 1.00 bits per heavy atom. The Labute approximate surface area is 96.2 Å². The van der Waals surface area contributed by atoms with E-state index in [0.717, 1.165) is 6.61 Å². The molecule has 1 aliphatic rings. The molecule has 0 fully saturated rings. The minimum atomic E-state index is 0.235. The van der Waals surface area contributed by atoms with Gasteiger partial charge in [0.1, 0.15) is 0 Å². The zero-order chi connectivity index (χ0) is 11.0. The predicted molar refractivity (Wildman–Crippen MR) is 67.9 cm³/mol. The summed E-state index contributed by atoms with van der Waals surface area (Å²) in [6, 6.07) is 17.1. The summed E-state index contributed by atoms with van der Waals surface area (Å²) in [5.74, 6) is 0. The predicted octanol–water partition coefficient (Wildman–Crippen LogP) is 2.71. The van der Waals surface area contributed by atoms with Crippen LogP contribution in [0.15, 0.2) is 48.5 Å². The lowest BCUT2D eigenvalue weighted by atomic mass is 9.64. The maximum absolute atomic E-state index is 5.61. The lowest BCUT2D eigenvalue weighted by molar-refractivity contribution is 0.333. The van der Waals surface area contributed by atoms with Crippen LogP contribution in [0.3, 0.4) is 0 Å². The minimum Gasteiger partial charge on any atom is -0.427 e. The van der Waals surface area contributed by atoms with Crippen LogP contribution >= 0.6 is 0 Å². The average molecular weight is 208 g/mol. The highest BCUT2D eigenvalue weighted by atomic mass is 16.4. The van der Waals surface area contributed by atoms with Gasteiger partial charge in [-0.15, -0.1) is 0 Å². The fourth-order valence-electron chi connectivity index (χ4n) is 2.22. The zero-order valence-electron chi connectivity index (χ0n) is 9.31. The lowest BCUT2D eigenvalue weighted by Crippen LogP contribution is -2.24. The van der Waals surface area contributed by atoms with Crippen molar-refractivity contribution in [2.24, 2.45) is 0 Å². The van der Waals surface area contributed by atoms with Crippen molar-refractivity contribution in [1.82, 2.24) is 0 Å². The normalized spacial score (nSPS) is 13.9. The summed E-state index contributed by atoms with van der Waals surface area (Å²) in [6.07, 6.45) is 0. The van der Waals surface area contributed by atoms with Crippen molar-refractivity contribution in [2.45, 2.75) is 13.4 Å². The van der Waals surface area contributed by atoms with Crippen LogP contribution in [0, 0.1) is 0 Å². The number of hydrogen-bond donors (Lipinski definition) is 0. The maximum Gasteiger partial charge on any atom is 0.324 e. The van der Waals surface area contributed by atoms with E-state index in [1.165, 1.54) is 22.2 Å². The minimum absolute atomic E-state index is 0.235. The van der Waals surface area contributed by atoms with Gasteiger partial charge in [-0.2, -0.15) is 0 Å². The molecular formula is C14H13BO. The van der Waals surface area contributed by atoms with Crippen molar-refractivity contribution in [3.8, 4) is 11.1 Å². The van der Waals surface area contributed by atoms with Gasteiger partial charge in [0.05, 0.1) is 6.61 Å². The summed E-state index contributed by atoms with van der Waals surface area (Å²) < 4.78 is 5.61. The smallest absolute Gasteiger partial charge is 0.324 e. The van der Waals surface area contributed by atoms with Crippen molar-refractivity contribution in [2.75, 3.05) is 0 Å². The fourth-order valence-corrected chi connectivity index (χ4v) is 2.22. The van der Waals surface area contributed by atoms with E-state index in [9.17, 15) is 0 Å². The van der Waals surface area contributed by atoms with Crippen molar-refractivity contribution in [3.05, 3.63) is 54.1 Å². The molecule has 1 nitrogen and oxygen atoms in total. The molecule has 16 heavy (non-hydrogen) atoms. The van der Waals surface area contributed by atoms with Gasteiger partial charge in [-0.25, -0.2) is 0 Å². The standard InChI is InChI=1S/C14H13BO/c1-15-14-9-12(7-8-13(14)10-16-15)11-5-3-2-4-6-11/h2-9H,10H2,1H3. The number of benzene rings is 2. The van der Waals surface area contributed by atoms with Crippen LogP contribution in [0.25, 0.3) is 11.1 Å². The molecule has 3 rings (SSSR count). The van der Waals surface area contributed by atoms with E-state index in [1.54, 1.807) is 0 Å². The van der Waals surface area contributed by atoms with Crippen LogP contribution in [0.5, 0.6) is 0 Å². The Morgan fingerprint density at radius 2 is 1.81 bits per heavy atom. The second-order valence-electron chi connectivity index (χ2n) is 4.23. The molecule has 0 spiro atoms. The molecular weight excluding hydrogens is 195 g/mol. The van der Waals surface area contributed by atoms with Gasteiger partial charge in [0.2, 0.25) is 0 Å². The van der Waals surface area contributed by atoms with E-state index in [1.807, 2.05) is 6.07 Å². The van der Waals surface area contributed by atoms with Crippen molar-refractivity contribution < 1.29 is 4.65 Å². The average Bonchev–Trinajstić information content (AvgIpc) is 2.72. The molecule has 0 amide bonds. The molecule has 0 atom stereocenters. The van der Waals surface area contributed by atoms with Crippen LogP contribution < -0.4 is 5.46 Å². The Morgan fingerprint density at radius 3 is 2.62 bits per heavy atom. The van der Waals surface area contributed by atoms with Crippen LogP contribution in [0.2, 0.25) is 6.82 Å². The van der Waals surface area contributed by atoms with Gasteiger partial charge in [-0.1, -0.05) is 55.4 Å². The third-order valence-corrected chi connectivity index (χ3v) is 3.18. The first-order valence-corrected chi connectivity index (χ1v) is 5.64. The Kier molecular flexibility index (Phi) is 2.30. The quantitative estimate of drug-likeness (QED) is 0.654. The van der Waals surface area contributed by atoms with E-state index < -0.39 is 0 Å². The van der Waals surface area contributed by atoms with Crippen molar-refractivity contribution >= 4 is 12.4 Å². The van der Waals surface area contributed by atoms with Gasteiger partial charge in [-0.3, -0.25) is 0 Å². The summed E-state index contributed by atoms with van der Waals surface area (Å²) in [5, 5.41) is 0. The summed E-state index contributed by atoms with van der Waals surface area (Å²) in [6.45, 7) is 3.10. The molecule has 0 aliphatic carbocycles. The number of fused-ring (bicyclic) bond motifs is 1. The molecule has 1 heterocycles. The number of hydrogen-bond acceptors (Lipinski definition) is 1. The van der Waals surface area contributed by atoms with Crippen LogP contribution in [-0.4, -0.2) is 6.92 Å². The third kappa shape index (κ3) is 1.55. The maximum atomic E-state index is 5.61. The Hall–Kier alpha value is -1.54. The summed E-state index contributed by atoms with van der Waals surface area (Å²) >= 11 is 0. The van der Waals surface area contributed by atoms with Crippen LogP contribution in [-0.2, 0) is 11.3 Å². The molecule has 0 radical (unpaired) electrons. The first-order chi connectivity index (χ1) is 7.84. The molecule has 2 aromatic rings. The summed E-state index contributed by atoms with van der Waals surface area (Å²) in [5.41, 5.74) is 5.20. The molecule has 0 saturated carbocycles. The first-order valence-electron chi connectivity index (χ1n) is 5.64. The van der Waals surface area contributed by atoms with Crippen molar-refractivity contribution in [1.29, 1.82) is 0 Å². The molecule has 0 saturated heterocycles. The van der Waals surface area contributed by atoms with Gasteiger partial charge in [-0.05, 0) is 22.2 Å². The van der Waals surface area contributed by atoms with Gasteiger partial charge in [0.15, 0.2) is 0 Å². The number of rotatable bonds is 1. The molecule has 0 N–H and O–H groups in total. The van der Waals surface area contributed by atoms with E-state index in [2.05, 4.69) is 49.3 Å². The largest absolute Gasteiger partial charge is 0.427 e. The second-order valence-corrected chi connectivity index (χ2v) is 4.23. The van der Waals surface area contributed by atoms with E-state index in [-0.39, 0.29) is 6.92 Å². The van der Waals surface area contributed by atoms with Gasteiger partial charge in [0, 0.05) is 0 Å². The molecule has 78 valence electrons. The molecule has 1 aliphatic heterocycles. The highest BCUT2D eigenvalue weighted by Crippen LogP contribution is 2.21. The Balaban J connectivity index is 2.08. The monoisotopic (exact) mass is 208 g/mol. The SMILES string of the molecule is CB1OCc2ccc(-c3ccccc3)cc21. The Bertz CT molecular complexity index is 507. The van der Waals surface area contributed by atoms with Gasteiger partial charge in [0.25, 0.3) is 0 Å². The molecule has 0 unspecified atom stereocenters. The highest BCUT2D eigenvalue weighted by molar-refractivity contribution is 6.67. The van der Waals surface area contributed by atoms with E-state index in [0.29, 0.717) is 0 Å². The van der Waals surface area contributed by atoms with Gasteiger partial charge >= 0.3 is 6.92 Å². The van der Waals surface area contributed by atoms with E-state index in [4.69, 9.17) is 4.65 Å². The molecule has 2 heteroatoms. The topological polar surface area (TPSA) is 9.23 Å². The van der Waals surface area contributed by atoms with Crippen LogP contribution in [0.1, 0.15) is 5.56 Å². The zero-order valence-corrected chi connectivity index (χ0v) is 9.31. The lowest BCUT2D eigenvalue weighted by Gasteiger charge is -2.05. The van der Waals surface area contributed by atoms with Crippen LogP contribution in [0.4, 0.5) is 0 Å². The van der Waals surface area contributed by atoms with Crippen molar-refractivity contribution in [3.63, 3.8) is 0 Å². The second kappa shape index (κ2) is 3.80. The highest BCUT2D eigenvalue weighted by Gasteiger charge is 2.23. The molecule has 0 bridgehead atoms. The molecule has 0 aromatic heterocycles. The molecule has 2 aromatic carbocycles. The summed E-state index contributed by atoms with van der Waals surface area (Å²) in [4.78, 5) is 0. The third-order valence-electron chi connectivity index (χ3n) is 3.18. The summed E-state index contributed by atoms with van der Waals surface area (Å²) in [7, 11) is 0. The fraction of sp³-hybridized carbons (Fsp3) is 0.143. The first kappa shape index (κ1) is 9.67. The van der Waals surface area contributed by atoms with E-state index >= 15 is 0 Å².